The zero-order valence-corrected chi connectivity index (χ0v) is 24.9. The molecule has 1 aromatic heterocycles. The Morgan fingerprint density at radius 1 is 0.949 bits per heavy atom. The number of hydrogen-bond acceptors (Lipinski definition) is 6. The topological polar surface area (TPSA) is 91.0 Å². The van der Waals surface area contributed by atoms with Crippen LogP contribution in [0, 0.1) is 6.92 Å². The molecule has 1 aliphatic rings. The summed E-state index contributed by atoms with van der Waals surface area (Å²) in [7, 11) is 0. The molecule has 0 spiro atoms. The number of anilines is 2. The number of rotatable bonds is 11. The van der Waals surface area contributed by atoms with Gasteiger partial charge in [-0.05, 0) is 51.8 Å². The SMILES string of the molecule is CCCCCCCCNC(=O)Nc1sc(C(=O)N2CCN(c3ccccc3)CC2)c(C)c1C(=O)OC(C)(C)C. The first-order valence-electron chi connectivity index (χ1n) is 14.1. The largest absolute Gasteiger partial charge is 0.456 e. The Morgan fingerprint density at radius 3 is 2.23 bits per heavy atom. The first-order valence-corrected chi connectivity index (χ1v) is 14.9. The molecule has 0 bridgehead atoms. The molecule has 3 amide bonds. The van der Waals surface area contributed by atoms with E-state index in [-0.39, 0.29) is 17.5 Å². The number of nitrogens with zero attached hydrogens (tertiary/aromatic N) is 2. The average molecular weight is 557 g/mol. The maximum Gasteiger partial charge on any atom is 0.341 e. The second kappa shape index (κ2) is 14.4. The van der Waals surface area contributed by atoms with Gasteiger partial charge in [0.2, 0.25) is 0 Å². The monoisotopic (exact) mass is 556 g/mol. The maximum absolute atomic E-state index is 13.6. The molecule has 2 heterocycles. The van der Waals surface area contributed by atoms with Crippen molar-refractivity contribution in [3.63, 3.8) is 0 Å². The van der Waals surface area contributed by atoms with E-state index >= 15 is 0 Å². The molecular formula is C30H44N4O4S. The summed E-state index contributed by atoms with van der Waals surface area (Å²) in [4.78, 5) is 44.0. The van der Waals surface area contributed by atoms with Crippen molar-refractivity contribution in [2.45, 2.75) is 78.7 Å². The second-order valence-electron chi connectivity index (χ2n) is 11.0. The number of carbonyl (C=O) groups excluding carboxylic acids is 3. The molecule has 0 radical (unpaired) electrons. The average Bonchev–Trinajstić information content (AvgIpc) is 3.22. The number of para-hydroxylation sites is 1. The van der Waals surface area contributed by atoms with E-state index < -0.39 is 11.6 Å². The predicted octanol–water partition coefficient (Wildman–Crippen LogP) is 6.46. The van der Waals surface area contributed by atoms with Gasteiger partial charge in [0.05, 0.1) is 10.4 Å². The standard InChI is InChI=1S/C30H44N4O4S/c1-6-7-8-9-10-14-17-31-29(37)32-26-24(28(36)38-30(3,4)5)22(2)25(39-26)27(35)34-20-18-33(19-21-34)23-15-12-11-13-16-23/h11-13,15-16H,6-10,14,17-21H2,1-5H3,(H2,31,32,37). The highest BCUT2D eigenvalue weighted by molar-refractivity contribution is 7.18. The van der Waals surface area contributed by atoms with E-state index in [4.69, 9.17) is 4.74 Å². The summed E-state index contributed by atoms with van der Waals surface area (Å²) < 4.78 is 5.64. The van der Waals surface area contributed by atoms with Gasteiger partial charge in [0.15, 0.2) is 0 Å². The predicted molar refractivity (Wildman–Crippen MR) is 159 cm³/mol. The van der Waals surface area contributed by atoms with Crippen LogP contribution in [-0.4, -0.2) is 61.1 Å². The van der Waals surface area contributed by atoms with Crippen molar-refractivity contribution in [2.75, 3.05) is 42.9 Å². The van der Waals surface area contributed by atoms with Crippen LogP contribution in [0.1, 0.15) is 91.8 Å². The van der Waals surface area contributed by atoms with Gasteiger partial charge in [-0.15, -0.1) is 11.3 Å². The number of ether oxygens (including phenoxy) is 1. The summed E-state index contributed by atoms with van der Waals surface area (Å²) >= 11 is 1.14. The van der Waals surface area contributed by atoms with Crippen LogP contribution in [-0.2, 0) is 4.74 Å². The van der Waals surface area contributed by atoms with Gasteiger partial charge >= 0.3 is 12.0 Å². The summed E-state index contributed by atoms with van der Waals surface area (Å²) in [5, 5.41) is 6.05. The van der Waals surface area contributed by atoms with Crippen LogP contribution < -0.4 is 15.5 Å². The van der Waals surface area contributed by atoms with Crippen LogP contribution in [0.3, 0.4) is 0 Å². The Morgan fingerprint density at radius 2 is 1.59 bits per heavy atom. The molecule has 1 aliphatic heterocycles. The van der Waals surface area contributed by atoms with Crippen LogP contribution in [0.15, 0.2) is 30.3 Å². The number of hydrogen-bond donors (Lipinski definition) is 2. The molecule has 2 aromatic rings. The van der Waals surface area contributed by atoms with Gasteiger partial charge in [-0.1, -0.05) is 57.2 Å². The molecule has 1 aromatic carbocycles. The van der Waals surface area contributed by atoms with Crippen molar-refractivity contribution < 1.29 is 19.1 Å². The fraction of sp³-hybridized carbons (Fsp3) is 0.567. The third-order valence-corrected chi connectivity index (χ3v) is 7.87. The van der Waals surface area contributed by atoms with Crippen LogP contribution >= 0.6 is 11.3 Å². The molecule has 0 unspecified atom stereocenters. The van der Waals surface area contributed by atoms with Crippen LogP contribution in [0.5, 0.6) is 0 Å². The van der Waals surface area contributed by atoms with Gasteiger partial charge in [-0.25, -0.2) is 9.59 Å². The first kappa shape index (κ1) is 30.5. The van der Waals surface area contributed by atoms with Crippen molar-refractivity contribution in [1.29, 1.82) is 0 Å². The zero-order valence-electron chi connectivity index (χ0n) is 24.1. The van der Waals surface area contributed by atoms with E-state index in [1.54, 1.807) is 27.7 Å². The summed E-state index contributed by atoms with van der Waals surface area (Å²) in [6.45, 7) is 12.5. The summed E-state index contributed by atoms with van der Waals surface area (Å²) in [6, 6.07) is 9.78. The molecule has 214 valence electrons. The zero-order chi connectivity index (χ0) is 28.4. The molecule has 1 saturated heterocycles. The van der Waals surface area contributed by atoms with Crippen LogP contribution in [0.25, 0.3) is 0 Å². The first-order chi connectivity index (χ1) is 18.6. The Hall–Kier alpha value is -3.07. The number of amides is 3. The van der Waals surface area contributed by atoms with E-state index in [9.17, 15) is 14.4 Å². The summed E-state index contributed by atoms with van der Waals surface area (Å²) in [5.41, 5.74) is 1.22. The smallest absolute Gasteiger partial charge is 0.341 e. The third-order valence-electron chi connectivity index (χ3n) is 6.68. The molecule has 1 fully saturated rings. The van der Waals surface area contributed by atoms with Crippen LogP contribution in [0.2, 0.25) is 0 Å². The fourth-order valence-electron chi connectivity index (χ4n) is 4.59. The van der Waals surface area contributed by atoms with E-state index in [0.29, 0.717) is 35.1 Å². The minimum absolute atomic E-state index is 0.129. The molecular weight excluding hydrogens is 512 g/mol. The molecule has 9 heteroatoms. The van der Waals surface area contributed by atoms with Gasteiger partial charge in [0, 0.05) is 38.4 Å². The van der Waals surface area contributed by atoms with Crippen LogP contribution in [0.4, 0.5) is 15.5 Å². The lowest BCUT2D eigenvalue weighted by atomic mass is 10.1. The highest BCUT2D eigenvalue weighted by atomic mass is 32.1. The quantitative estimate of drug-likeness (QED) is 0.245. The number of nitrogens with one attached hydrogen (secondary N) is 2. The number of piperazine rings is 1. The molecule has 0 saturated carbocycles. The van der Waals surface area contributed by atoms with E-state index in [2.05, 4.69) is 34.6 Å². The van der Waals surface area contributed by atoms with Crippen molar-refractivity contribution in [3.8, 4) is 0 Å². The molecule has 8 nitrogen and oxygen atoms in total. The number of esters is 1. The number of unbranched alkanes of at least 4 members (excludes halogenated alkanes) is 5. The van der Waals surface area contributed by atoms with Crippen molar-refractivity contribution >= 4 is 39.9 Å². The fourth-order valence-corrected chi connectivity index (χ4v) is 5.74. The molecule has 2 N–H and O–H groups in total. The lowest BCUT2D eigenvalue weighted by Gasteiger charge is -2.36. The van der Waals surface area contributed by atoms with Gasteiger partial charge in [-0.2, -0.15) is 0 Å². The Balaban J connectivity index is 1.69. The Kier molecular flexibility index (Phi) is 11.2. The van der Waals surface area contributed by atoms with E-state index in [1.165, 1.54) is 19.3 Å². The molecule has 0 aliphatic carbocycles. The minimum atomic E-state index is -0.708. The third kappa shape index (κ3) is 8.98. The van der Waals surface area contributed by atoms with Gasteiger partial charge < -0.3 is 19.9 Å². The van der Waals surface area contributed by atoms with Gasteiger partial charge in [-0.3, -0.25) is 10.1 Å². The maximum atomic E-state index is 13.6. The number of urea groups is 1. The second-order valence-corrected chi connectivity index (χ2v) is 12.0. The highest BCUT2D eigenvalue weighted by Gasteiger charge is 2.32. The summed E-state index contributed by atoms with van der Waals surface area (Å²) in [5.74, 6) is -0.675. The number of carbonyl (C=O) groups is 3. The van der Waals surface area contributed by atoms with Crippen molar-refractivity contribution in [3.05, 3.63) is 46.3 Å². The van der Waals surface area contributed by atoms with E-state index in [1.807, 2.05) is 23.1 Å². The lowest BCUT2D eigenvalue weighted by molar-refractivity contribution is 0.00705. The lowest BCUT2D eigenvalue weighted by Crippen LogP contribution is -2.48. The molecule has 3 rings (SSSR count). The van der Waals surface area contributed by atoms with Crippen molar-refractivity contribution in [2.24, 2.45) is 0 Å². The normalized spacial score (nSPS) is 13.8. The summed E-state index contributed by atoms with van der Waals surface area (Å²) in [6.07, 6.45) is 6.79. The number of benzene rings is 1. The molecule has 39 heavy (non-hydrogen) atoms. The number of thiophene rings is 1. The molecule has 0 atom stereocenters. The Labute approximate surface area is 237 Å². The van der Waals surface area contributed by atoms with Crippen molar-refractivity contribution in [1.82, 2.24) is 10.2 Å². The van der Waals surface area contributed by atoms with Gasteiger partial charge in [0.1, 0.15) is 10.6 Å². The Bertz CT molecular complexity index is 1100. The highest BCUT2D eigenvalue weighted by Crippen LogP contribution is 2.35. The van der Waals surface area contributed by atoms with Gasteiger partial charge in [0.25, 0.3) is 5.91 Å². The van der Waals surface area contributed by atoms with E-state index in [0.717, 1.165) is 49.4 Å². The minimum Gasteiger partial charge on any atom is -0.456 e.